The van der Waals surface area contributed by atoms with Crippen LogP contribution in [0.3, 0.4) is 0 Å². The standard InChI is InChI=1S/C15H24F3N3O2.ClH/c16-15(17,18)14(23)21-6-4-10(5-7-21)9-20-13(22)12-3-1-2-11(12)8-19;/h10-12H,1-9,19H2,(H,20,22);1H/t11-,12-;/m1./s1. The Labute approximate surface area is 145 Å². The largest absolute Gasteiger partial charge is 0.471 e. The molecule has 2 fully saturated rings. The fourth-order valence-corrected chi connectivity index (χ4v) is 3.56. The minimum atomic E-state index is -4.80. The van der Waals surface area contributed by atoms with E-state index in [-0.39, 0.29) is 49.2 Å². The molecule has 9 heteroatoms. The number of rotatable bonds is 4. The lowest BCUT2D eigenvalue weighted by Gasteiger charge is -2.32. The van der Waals surface area contributed by atoms with Gasteiger partial charge in [0.05, 0.1) is 0 Å². The molecular weight excluding hydrogens is 347 g/mol. The number of nitrogens with two attached hydrogens (primary N) is 1. The molecule has 2 rings (SSSR count). The van der Waals surface area contributed by atoms with E-state index in [9.17, 15) is 22.8 Å². The van der Waals surface area contributed by atoms with Crippen LogP contribution in [0, 0.1) is 17.8 Å². The van der Waals surface area contributed by atoms with Crippen molar-refractivity contribution in [2.24, 2.45) is 23.5 Å². The number of likely N-dealkylation sites (tertiary alicyclic amines) is 1. The van der Waals surface area contributed by atoms with Gasteiger partial charge in [0.1, 0.15) is 0 Å². The third-order valence-corrected chi connectivity index (χ3v) is 5.01. The van der Waals surface area contributed by atoms with Gasteiger partial charge in [0.25, 0.3) is 0 Å². The highest BCUT2D eigenvalue weighted by Crippen LogP contribution is 2.31. The van der Waals surface area contributed by atoms with Crippen LogP contribution >= 0.6 is 12.4 Å². The van der Waals surface area contributed by atoms with Crippen LogP contribution in [0.25, 0.3) is 0 Å². The molecule has 0 unspecified atom stereocenters. The molecule has 1 aliphatic heterocycles. The van der Waals surface area contributed by atoms with Crippen molar-refractivity contribution in [3.63, 3.8) is 0 Å². The van der Waals surface area contributed by atoms with Gasteiger partial charge in [-0.05, 0) is 44.1 Å². The smallest absolute Gasteiger partial charge is 0.356 e. The highest BCUT2D eigenvalue weighted by molar-refractivity contribution is 5.85. The van der Waals surface area contributed by atoms with E-state index >= 15 is 0 Å². The lowest BCUT2D eigenvalue weighted by atomic mass is 9.93. The molecule has 0 aromatic carbocycles. The number of halogens is 4. The van der Waals surface area contributed by atoms with Crippen molar-refractivity contribution in [3.8, 4) is 0 Å². The maximum atomic E-state index is 12.4. The van der Waals surface area contributed by atoms with Crippen LogP contribution in [0.2, 0.25) is 0 Å². The first-order valence-corrected chi connectivity index (χ1v) is 8.16. The summed E-state index contributed by atoms with van der Waals surface area (Å²) in [7, 11) is 0. The Morgan fingerprint density at radius 3 is 2.29 bits per heavy atom. The summed E-state index contributed by atoms with van der Waals surface area (Å²) in [5.41, 5.74) is 5.67. The molecule has 1 saturated carbocycles. The van der Waals surface area contributed by atoms with Crippen LogP contribution in [-0.4, -0.2) is 49.1 Å². The first kappa shape index (κ1) is 21.0. The molecule has 0 aromatic rings. The van der Waals surface area contributed by atoms with Gasteiger partial charge in [-0.2, -0.15) is 13.2 Å². The molecule has 5 nitrogen and oxygen atoms in total. The molecule has 0 spiro atoms. The molecule has 140 valence electrons. The summed E-state index contributed by atoms with van der Waals surface area (Å²) in [4.78, 5) is 24.2. The molecule has 2 atom stereocenters. The zero-order chi connectivity index (χ0) is 17.0. The maximum Gasteiger partial charge on any atom is 0.471 e. The van der Waals surface area contributed by atoms with E-state index in [0.717, 1.165) is 24.2 Å². The van der Waals surface area contributed by atoms with Gasteiger partial charge in [-0.1, -0.05) is 6.42 Å². The van der Waals surface area contributed by atoms with Crippen molar-refractivity contribution in [2.75, 3.05) is 26.2 Å². The van der Waals surface area contributed by atoms with E-state index in [1.54, 1.807) is 0 Å². The average molecular weight is 372 g/mol. The zero-order valence-corrected chi connectivity index (χ0v) is 14.3. The number of nitrogens with one attached hydrogen (secondary N) is 1. The minimum Gasteiger partial charge on any atom is -0.356 e. The molecule has 1 heterocycles. The monoisotopic (exact) mass is 371 g/mol. The fraction of sp³-hybridized carbons (Fsp3) is 0.867. The van der Waals surface area contributed by atoms with E-state index in [4.69, 9.17) is 5.73 Å². The second-order valence-corrected chi connectivity index (χ2v) is 6.51. The molecule has 0 bridgehead atoms. The van der Waals surface area contributed by atoms with Gasteiger partial charge in [-0.15, -0.1) is 12.4 Å². The number of piperidine rings is 1. The number of amides is 2. The van der Waals surface area contributed by atoms with Crippen molar-refractivity contribution >= 4 is 24.2 Å². The van der Waals surface area contributed by atoms with Crippen LogP contribution in [0.5, 0.6) is 0 Å². The van der Waals surface area contributed by atoms with E-state index < -0.39 is 12.1 Å². The molecule has 0 radical (unpaired) electrons. The Kier molecular flexibility index (Phi) is 7.79. The van der Waals surface area contributed by atoms with E-state index in [0.29, 0.717) is 25.9 Å². The first-order chi connectivity index (χ1) is 10.8. The van der Waals surface area contributed by atoms with Gasteiger partial charge >= 0.3 is 12.1 Å². The molecule has 2 amide bonds. The minimum absolute atomic E-state index is 0. The molecule has 3 N–H and O–H groups in total. The maximum absolute atomic E-state index is 12.4. The number of carbonyl (C=O) groups excluding carboxylic acids is 2. The van der Waals surface area contributed by atoms with E-state index in [2.05, 4.69) is 5.32 Å². The normalized spacial score (nSPS) is 25.2. The highest BCUT2D eigenvalue weighted by Gasteiger charge is 2.43. The quantitative estimate of drug-likeness (QED) is 0.789. The second-order valence-electron chi connectivity index (χ2n) is 6.51. The van der Waals surface area contributed by atoms with E-state index in [1.807, 2.05) is 0 Å². The van der Waals surface area contributed by atoms with Gasteiger partial charge in [-0.3, -0.25) is 9.59 Å². The Bertz CT molecular complexity index is 440. The summed E-state index contributed by atoms with van der Waals surface area (Å²) in [6.07, 6.45) is -1.00. The first-order valence-electron chi connectivity index (χ1n) is 8.16. The average Bonchev–Trinajstić information content (AvgIpc) is 3.00. The lowest BCUT2D eigenvalue weighted by molar-refractivity contribution is -0.186. The summed E-state index contributed by atoms with van der Waals surface area (Å²) in [6, 6.07) is 0. The van der Waals surface area contributed by atoms with Gasteiger partial charge in [-0.25, -0.2) is 0 Å². The summed E-state index contributed by atoms with van der Waals surface area (Å²) < 4.78 is 37.1. The van der Waals surface area contributed by atoms with Crippen molar-refractivity contribution < 1.29 is 22.8 Å². The zero-order valence-electron chi connectivity index (χ0n) is 13.5. The van der Waals surface area contributed by atoms with Crippen LogP contribution in [0.4, 0.5) is 13.2 Å². The van der Waals surface area contributed by atoms with Crippen molar-refractivity contribution in [3.05, 3.63) is 0 Å². The number of alkyl halides is 3. The van der Waals surface area contributed by atoms with Crippen LogP contribution in [0.1, 0.15) is 32.1 Å². The Hall–Kier alpha value is -1.02. The number of hydrogen-bond acceptors (Lipinski definition) is 3. The summed E-state index contributed by atoms with van der Waals surface area (Å²) in [5, 5.41) is 2.91. The van der Waals surface area contributed by atoms with Crippen molar-refractivity contribution in [1.29, 1.82) is 0 Å². The molecule has 0 aromatic heterocycles. The fourth-order valence-electron chi connectivity index (χ4n) is 3.56. The number of nitrogens with zero attached hydrogens (tertiary/aromatic N) is 1. The van der Waals surface area contributed by atoms with E-state index in [1.165, 1.54) is 0 Å². The topological polar surface area (TPSA) is 75.4 Å². The molecular formula is C15H25ClF3N3O2. The highest BCUT2D eigenvalue weighted by atomic mass is 35.5. The summed E-state index contributed by atoms with van der Waals surface area (Å²) in [6.45, 7) is 1.15. The lowest BCUT2D eigenvalue weighted by Crippen LogP contribution is -2.47. The van der Waals surface area contributed by atoms with Crippen molar-refractivity contribution in [1.82, 2.24) is 10.2 Å². The predicted molar refractivity (Wildman–Crippen MR) is 85.5 cm³/mol. The predicted octanol–water partition coefficient (Wildman–Crippen LogP) is 1.70. The molecule has 1 saturated heterocycles. The van der Waals surface area contributed by atoms with Gasteiger partial charge in [0.15, 0.2) is 0 Å². The van der Waals surface area contributed by atoms with Gasteiger partial charge in [0, 0.05) is 25.6 Å². The molecule has 1 aliphatic carbocycles. The Morgan fingerprint density at radius 1 is 1.12 bits per heavy atom. The number of carbonyl (C=O) groups is 2. The Morgan fingerprint density at radius 2 is 1.75 bits per heavy atom. The SMILES string of the molecule is Cl.NC[C@H]1CCC[C@H]1C(=O)NCC1CCN(C(=O)C(F)(F)F)CC1. The molecule has 2 aliphatic rings. The Balaban J connectivity index is 0.00000288. The third-order valence-electron chi connectivity index (χ3n) is 5.01. The van der Waals surface area contributed by atoms with Gasteiger partial charge < -0.3 is 16.0 Å². The molecule has 24 heavy (non-hydrogen) atoms. The van der Waals surface area contributed by atoms with Gasteiger partial charge in [0.2, 0.25) is 5.91 Å². The van der Waals surface area contributed by atoms with Crippen LogP contribution in [0.15, 0.2) is 0 Å². The summed E-state index contributed by atoms with van der Waals surface area (Å²) in [5.74, 6) is -1.44. The number of hydrogen-bond donors (Lipinski definition) is 2. The van der Waals surface area contributed by atoms with Crippen LogP contribution < -0.4 is 11.1 Å². The third kappa shape index (κ3) is 5.24. The van der Waals surface area contributed by atoms with Crippen LogP contribution in [-0.2, 0) is 9.59 Å². The van der Waals surface area contributed by atoms with Crippen molar-refractivity contribution in [2.45, 2.75) is 38.3 Å². The second kappa shape index (κ2) is 8.89. The summed E-state index contributed by atoms with van der Waals surface area (Å²) >= 11 is 0.